The van der Waals surface area contributed by atoms with Crippen LogP contribution in [0.1, 0.15) is 36.3 Å². The summed E-state index contributed by atoms with van der Waals surface area (Å²) in [6.45, 7) is 1.68. The Balaban J connectivity index is 1.04. The number of aromatic nitrogens is 2. The quantitative estimate of drug-likeness (QED) is 0.179. The van der Waals surface area contributed by atoms with Gasteiger partial charge < -0.3 is 18.9 Å². The van der Waals surface area contributed by atoms with E-state index in [-0.39, 0.29) is 13.2 Å². The van der Waals surface area contributed by atoms with Gasteiger partial charge in [0, 0.05) is 41.0 Å². The molecule has 2 aromatic heterocycles. The van der Waals surface area contributed by atoms with Crippen molar-refractivity contribution in [3.05, 3.63) is 102 Å². The molecule has 0 saturated carbocycles. The van der Waals surface area contributed by atoms with Crippen LogP contribution >= 0.6 is 0 Å². The first-order valence-corrected chi connectivity index (χ1v) is 13.2. The van der Waals surface area contributed by atoms with E-state index >= 15 is 0 Å². The first-order valence-electron chi connectivity index (χ1n) is 13.2. The summed E-state index contributed by atoms with van der Waals surface area (Å²) in [6.07, 6.45) is 4.04. The van der Waals surface area contributed by atoms with Gasteiger partial charge in [-0.2, -0.15) is 0 Å². The van der Waals surface area contributed by atoms with E-state index in [0.29, 0.717) is 12.3 Å². The van der Waals surface area contributed by atoms with E-state index < -0.39 is 12.0 Å². The first-order chi connectivity index (χ1) is 18.7. The lowest BCUT2D eigenvalue weighted by molar-refractivity contribution is -0.141. The van der Waals surface area contributed by atoms with Gasteiger partial charge in [0.1, 0.15) is 12.6 Å². The molecule has 1 atom stereocenters. The van der Waals surface area contributed by atoms with Crippen molar-refractivity contribution < 1.29 is 19.2 Å². The summed E-state index contributed by atoms with van der Waals surface area (Å²) < 4.78 is 13.4. The minimum absolute atomic E-state index is 0.0426. The Bertz CT molecular complexity index is 1420. The van der Waals surface area contributed by atoms with Crippen molar-refractivity contribution in [1.82, 2.24) is 15.0 Å². The van der Waals surface area contributed by atoms with Crippen molar-refractivity contribution >= 4 is 27.8 Å². The highest BCUT2D eigenvalue weighted by Crippen LogP contribution is 2.29. The van der Waals surface area contributed by atoms with E-state index in [9.17, 15) is 9.90 Å². The van der Waals surface area contributed by atoms with Crippen LogP contribution in [0.2, 0.25) is 0 Å². The van der Waals surface area contributed by atoms with Crippen molar-refractivity contribution in [1.29, 1.82) is 0 Å². The Hall–Kier alpha value is -3.94. The molecule has 2 heterocycles. The third-order valence-electron chi connectivity index (χ3n) is 6.82. The van der Waals surface area contributed by atoms with Gasteiger partial charge in [-0.3, -0.25) is 10.1 Å². The lowest BCUT2D eigenvalue weighted by Gasteiger charge is -2.14. The molecule has 0 fully saturated rings. The summed E-state index contributed by atoms with van der Waals surface area (Å²) in [7, 11) is 0. The van der Waals surface area contributed by atoms with Gasteiger partial charge >= 0.3 is 5.97 Å². The molecule has 0 radical (unpaired) electrons. The highest BCUT2D eigenvalue weighted by molar-refractivity contribution is 6.07. The van der Waals surface area contributed by atoms with Gasteiger partial charge in [0.05, 0.1) is 12.3 Å². The zero-order valence-electron chi connectivity index (χ0n) is 21.4. The summed E-state index contributed by atoms with van der Waals surface area (Å²) in [5, 5.41) is 19.3. The van der Waals surface area contributed by atoms with Gasteiger partial charge in [-0.15, -0.1) is 0 Å². The van der Waals surface area contributed by atoms with E-state index in [1.54, 1.807) is 0 Å². The predicted molar refractivity (Wildman–Crippen MR) is 148 cm³/mol. The van der Waals surface area contributed by atoms with Gasteiger partial charge in [-0.25, -0.2) is 0 Å². The molecule has 196 valence electrons. The maximum atomic E-state index is 11.6. The van der Waals surface area contributed by atoms with Crippen molar-refractivity contribution in [3.63, 3.8) is 0 Å². The molecule has 5 aromatic rings. The van der Waals surface area contributed by atoms with Crippen molar-refractivity contribution in [2.75, 3.05) is 6.61 Å². The van der Waals surface area contributed by atoms with E-state index in [1.165, 1.54) is 21.8 Å². The molecule has 0 unspecified atom stereocenters. The fourth-order valence-electron chi connectivity index (χ4n) is 4.87. The molecule has 2 N–H and O–H groups in total. The Morgan fingerprint density at radius 1 is 0.921 bits per heavy atom. The van der Waals surface area contributed by atoms with Crippen molar-refractivity contribution in [2.24, 2.45) is 0 Å². The highest BCUT2D eigenvalue weighted by atomic mass is 16.5. The fraction of sp³-hybridized carbons (Fsp3) is 0.290. The average Bonchev–Trinajstić information content (AvgIpc) is 3.53. The topological polar surface area (TPSA) is 89.5 Å². The SMILES string of the molecule is O=C(O)[C@H](COCc1cc(CCCCCn2c3ccccc3c3ccccc32)no1)NCc1ccccc1. The zero-order valence-corrected chi connectivity index (χ0v) is 21.4. The molecule has 7 heteroatoms. The number of carboxylic acid groups (broad SMARTS) is 1. The number of nitrogens with zero attached hydrogens (tertiary/aromatic N) is 2. The molecule has 7 nitrogen and oxygen atoms in total. The van der Waals surface area contributed by atoms with Crippen LogP contribution in [0.5, 0.6) is 0 Å². The van der Waals surface area contributed by atoms with E-state index in [4.69, 9.17) is 9.26 Å². The van der Waals surface area contributed by atoms with Crippen LogP contribution in [-0.2, 0) is 35.6 Å². The van der Waals surface area contributed by atoms with Gasteiger partial charge in [-0.1, -0.05) is 78.3 Å². The van der Waals surface area contributed by atoms with Crippen molar-refractivity contribution in [2.45, 2.75) is 51.4 Å². The number of rotatable bonds is 14. The number of hydrogen-bond donors (Lipinski definition) is 2. The average molecular weight is 512 g/mol. The summed E-state index contributed by atoms with van der Waals surface area (Å²) in [6, 6.07) is 28.0. The normalized spacial score (nSPS) is 12.3. The lowest BCUT2D eigenvalue weighted by Crippen LogP contribution is -2.40. The molecule has 0 bridgehead atoms. The Morgan fingerprint density at radius 2 is 1.61 bits per heavy atom. The minimum atomic E-state index is -0.944. The third kappa shape index (κ3) is 6.30. The number of ether oxygens (including phenoxy) is 1. The van der Waals surface area contributed by atoms with Gasteiger partial charge in [0.25, 0.3) is 0 Å². The Labute approximate surface area is 222 Å². The summed E-state index contributed by atoms with van der Waals surface area (Å²) >= 11 is 0. The second kappa shape index (κ2) is 12.5. The van der Waals surface area contributed by atoms with Gasteiger partial charge in [0.15, 0.2) is 5.76 Å². The first kappa shape index (κ1) is 25.7. The maximum absolute atomic E-state index is 11.6. The molecule has 0 aliphatic rings. The van der Waals surface area contributed by atoms with E-state index in [1.807, 2.05) is 36.4 Å². The van der Waals surface area contributed by atoms with Crippen LogP contribution in [-0.4, -0.2) is 33.4 Å². The van der Waals surface area contributed by atoms with Crippen molar-refractivity contribution in [3.8, 4) is 0 Å². The maximum Gasteiger partial charge on any atom is 0.323 e. The number of para-hydroxylation sites is 2. The highest BCUT2D eigenvalue weighted by Gasteiger charge is 2.17. The monoisotopic (exact) mass is 511 g/mol. The smallest absolute Gasteiger partial charge is 0.323 e. The largest absolute Gasteiger partial charge is 0.480 e. The van der Waals surface area contributed by atoms with Crippen LogP contribution in [0.4, 0.5) is 0 Å². The number of unbranched alkanes of at least 4 members (excludes halogenated alkanes) is 2. The molecule has 0 aliphatic carbocycles. The number of carboxylic acids is 1. The number of benzene rings is 3. The molecule has 38 heavy (non-hydrogen) atoms. The molecule has 0 spiro atoms. The number of aryl methyl sites for hydroxylation is 2. The molecular formula is C31H33N3O4. The van der Waals surface area contributed by atoms with E-state index in [2.05, 4.69) is 63.6 Å². The standard InChI is InChI=1S/C31H33N3O4/c35-31(36)28(32-20-23-11-3-1-4-12-23)22-37-21-25-19-24(33-38-25)13-5-2-10-18-34-29-16-8-6-14-26(29)27-15-7-9-17-30(27)34/h1,3-4,6-9,11-12,14-17,19,28,32H,2,5,10,13,18,20-22H2,(H,35,36)/t28-/m0/s1. The van der Waals surface area contributed by atoms with Crippen LogP contribution in [0.15, 0.2) is 89.5 Å². The molecule has 0 aliphatic heterocycles. The number of aliphatic carboxylic acids is 1. The molecule has 0 saturated heterocycles. The predicted octanol–water partition coefficient (Wildman–Crippen LogP) is 5.96. The summed E-state index contributed by atoms with van der Waals surface area (Å²) in [5.41, 5.74) is 4.50. The molecule has 0 amide bonds. The Kier molecular flexibility index (Phi) is 8.48. The fourth-order valence-corrected chi connectivity index (χ4v) is 4.87. The number of hydrogen-bond acceptors (Lipinski definition) is 5. The van der Waals surface area contributed by atoms with Crippen LogP contribution < -0.4 is 5.32 Å². The molecule has 5 rings (SSSR count). The molecule has 3 aromatic carbocycles. The lowest BCUT2D eigenvalue weighted by atomic mass is 10.1. The van der Waals surface area contributed by atoms with Gasteiger partial charge in [-0.05, 0) is 37.0 Å². The van der Waals surface area contributed by atoms with Gasteiger partial charge in [0.2, 0.25) is 0 Å². The summed E-state index contributed by atoms with van der Waals surface area (Å²) in [5.74, 6) is -0.336. The second-order valence-corrected chi connectivity index (χ2v) is 9.55. The number of fused-ring (bicyclic) bond motifs is 3. The summed E-state index contributed by atoms with van der Waals surface area (Å²) in [4.78, 5) is 11.6. The number of nitrogens with one attached hydrogen (secondary N) is 1. The number of carbonyl (C=O) groups is 1. The minimum Gasteiger partial charge on any atom is -0.480 e. The van der Waals surface area contributed by atoms with Crippen LogP contribution in [0.3, 0.4) is 0 Å². The zero-order chi connectivity index (χ0) is 26.2. The van der Waals surface area contributed by atoms with E-state index in [0.717, 1.165) is 43.5 Å². The molecular weight excluding hydrogens is 478 g/mol. The Morgan fingerprint density at radius 3 is 2.32 bits per heavy atom. The third-order valence-corrected chi connectivity index (χ3v) is 6.82. The van der Waals surface area contributed by atoms with Crippen LogP contribution in [0, 0.1) is 0 Å². The van der Waals surface area contributed by atoms with Crippen LogP contribution in [0.25, 0.3) is 21.8 Å². The second-order valence-electron chi connectivity index (χ2n) is 9.55.